The van der Waals surface area contributed by atoms with Crippen LogP contribution in [0, 0.1) is 5.82 Å². The van der Waals surface area contributed by atoms with Crippen molar-refractivity contribution in [1.29, 1.82) is 0 Å². The zero-order valence-corrected chi connectivity index (χ0v) is 17.2. The van der Waals surface area contributed by atoms with Crippen LogP contribution in [0.5, 0.6) is 5.75 Å². The first-order valence-electron chi connectivity index (χ1n) is 9.74. The number of carbonyl (C=O) groups excluding carboxylic acids is 1. The van der Waals surface area contributed by atoms with E-state index in [2.05, 4.69) is 20.4 Å². The maximum Gasteiger partial charge on any atom is 0.255 e. The fourth-order valence-electron chi connectivity index (χ4n) is 3.67. The molecule has 156 valence electrons. The molecule has 0 saturated carbocycles. The molecule has 1 aliphatic heterocycles. The van der Waals surface area contributed by atoms with Crippen LogP contribution in [0.15, 0.2) is 48.5 Å². The van der Waals surface area contributed by atoms with Crippen molar-refractivity contribution in [3.05, 3.63) is 64.9 Å². The second-order valence-corrected chi connectivity index (χ2v) is 7.69. The SMILES string of the molecule is COc1ccc(Cl)cc1C(=O)NC1CCCN(c2cc(-c3ccc(F)cc3)[nH]n2)C1. The summed E-state index contributed by atoms with van der Waals surface area (Å²) in [6.07, 6.45) is 1.80. The Hall–Kier alpha value is -3.06. The number of H-pyrrole nitrogens is 1. The Morgan fingerprint density at radius 2 is 2.07 bits per heavy atom. The lowest BCUT2D eigenvalue weighted by molar-refractivity contribution is 0.0930. The molecule has 1 unspecified atom stereocenters. The Labute approximate surface area is 179 Å². The predicted octanol–water partition coefficient (Wildman–Crippen LogP) is 4.28. The van der Waals surface area contributed by atoms with Crippen molar-refractivity contribution in [1.82, 2.24) is 15.5 Å². The van der Waals surface area contributed by atoms with E-state index < -0.39 is 0 Å². The second-order valence-electron chi connectivity index (χ2n) is 7.25. The van der Waals surface area contributed by atoms with Gasteiger partial charge in [0.2, 0.25) is 0 Å². The molecule has 0 radical (unpaired) electrons. The lowest BCUT2D eigenvalue weighted by atomic mass is 10.0. The van der Waals surface area contributed by atoms with Gasteiger partial charge in [-0.1, -0.05) is 11.6 Å². The highest BCUT2D eigenvalue weighted by molar-refractivity contribution is 6.31. The number of carbonyl (C=O) groups is 1. The third-order valence-electron chi connectivity index (χ3n) is 5.21. The summed E-state index contributed by atoms with van der Waals surface area (Å²) in [7, 11) is 1.53. The summed E-state index contributed by atoms with van der Waals surface area (Å²) in [5.74, 6) is 0.800. The Bertz CT molecular complexity index is 1040. The molecule has 1 aromatic heterocycles. The van der Waals surface area contributed by atoms with Gasteiger partial charge in [0.1, 0.15) is 11.6 Å². The number of anilines is 1. The summed E-state index contributed by atoms with van der Waals surface area (Å²) in [5, 5.41) is 11.0. The lowest BCUT2D eigenvalue weighted by Crippen LogP contribution is -2.48. The zero-order valence-electron chi connectivity index (χ0n) is 16.5. The van der Waals surface area contributed by atoms with Gasteiger partial charge in [-0.15, -0.1) is 0 Å². The van der Waals surface area contributed by atoms with Crippen molar-refractivity contribution in [2.45, 2.75) is 18.9 Å². The summed E-state index contributed by atoms with van der Waals surface area (Å²) in [6.45, 7) is 1.49. The highest BCUT2D eigenvalue weighted by atomic mass is 35.5. The highest BCUT2D eigenvalue weighted by Crippen LogP contribution is 2.26. The molecule has 1 fully saturated rings. The van der Waals surface area contributed by atoms with E-state index in [0.717, 1.165) is 36.5 Å². The number of nitrogens with zero attached hydrogens (tertiary/aromatic N) is 2. The molecule has 6 nitrogen and oxygen atoms in total. The van der Waals surface area contributed by atoms with Gasteiger partial charge in [0.15, 0.2) is 5.82 Å². The van der Waals surface area contributed by atoms with Crippen LogP contribution < -0.4 is 15.0 Å². The van der Waals surface area contributed by atoms with E-state index >= 15 is 0 Å². The van der Waals surface area contributed by atoms with Gasteiger partial charge in [0.25, 0.3) is 5.91 Å². The van der Waals surface area contributed by atoms with Gasteiger partial charge in [0, 0.05) is 30.2 Å². The van der Waals surface area contributed by atoms with Gasteiger partial charge < -0.3 is 15.0 Å². The fraction of sp³-hybridized carbons (Fsp3) is 0.273. The number of aromatic amines is 1. The molecule has 1 amide bonds. The number of methoxy groups -OCH3 is 1. The van der Waals surface area contributed by atoms with E-state index in [1.165, 1.54) is 19.2 Å². The summed E-state index contributed by atoms with van der Waals surface area (Å²) in [6, 6.07) is 13.2. The van der Waals surface area contributed by atoms with E-state index in [1.807, 2.05) is 6.07 Å². The highest BCUT2D eigenvalue weighted by Gasteiger charge is 2.25. The standard InChI is InChI=1S/C22H22ClFN4O2/c1-30-20-9-6-15(23)11-18(20)22(29)25-17-3-2-10-28(13-17)21-12-19(26-27-21)14-4-7-16(24)8-5-14/h4-9,11-12,17H,2-3,10,13H2,1H3,(H,25,29)(H,26,27). The average molecular weight is 429 g/mol. The largest absolute Gasteiger partial charge is 0.496 e. The van der Waals surface area contributed by atoms with Gasteiger partial charge in [-0.25, -0.2) is 4.39 Å². The van der Waals surface area contributed by atoms with Crippen molar-refractivity contribution >= 4 is 23.3 Å². The molecule has 0 spiro atoms. The van der Waals surface area contributed by atoms with E-state index in [-0.39, 0.29) is 17.8 Å². The average Bonchev–Trinajstić information content (AvgIpc) is 3.25. The molecule has 2 heterocycles. The Kier molecular flexibility index (Phi) is 5.90. The number of hydrogen-bond donors (Lipinski definition) is 2. The molecular weight excluding hydrogens is 407 g/mol. The maximum absolute atomic E-state index is 13.2. The molecule has 2 N–H and O–H groups in total. The molecule has 2 aromatic carbocycles. The topological polar surface area (TPSA) is 70.2 Å². The van der Waals surface area contributed by atoms with Gasteiger partial charge in [-0.3, -0.25) is 9.89 Å². The van der Waals surface area contributed by atoms with E-state index in [0.29, 0.717) is 22.9 Å². The first kappa shape index (κ1) is 20.2. The first-order valence-corrected chi connectivity index (χ1v) is 10.1. The fourth-order valence-corrected chi connectivity index (χ4v) is 3.85. The van der Waals surface area contributed by atoms with Gasteiger partial charge in [-0.05, 0) is 60.9 Å². The number of aromatic nitrogens is 2. The minimum absolute atomic E-state index is 0.0269. The van der Waals surface area contributed by atoms with Crippen molar-refractivity contribution in [3.8, 4) is 17.0 Å². The number of piperidine rings is 1. The quantitative estimate of drug-likeness (QED) is 0.636. The summed E-state index contributed by atoms with van der Waals surface area (Å²) < 4.78 is 18.4. The second kappa shape index (κ2) is 8.75. The van der Waals surface area contributed by atoms with Gasteiger partial charge in [0.05, 0.1) is 18.4 Å². The van der Waals surface area contributed by atoms with Crippen LogP contribution in [0.4, 0.5) is 10.2 Å². The zero-order chi connectivity index (χ0) is 21.1. The van der Waals surface area contributed by atoms with Crippen LogP contribution in [-0.4, -0.2) is 42.3 Å². The number of benzene rings is 2. The molecule has 1 aliphatic rings. The van der Waals surface area contributed by atoms with Crippen LogP contribution in [0.1, 0.15) is 23.2 Å². The smallest absolute Gasteiger partial charge is 0.255 e. The minimum Gasteiger partial charge on any atom is -0.496 e. The normalized spacial score (nSPS) is 16.4. The Morgan fingerprint density at radius 1 is 1.27 bits per heavy atom. The summed E-state index contributed by atoms with van der Waals surface area (Å²) >= 11 is 6.05. The molecule has 3 aromatic rings. The third kappa shape index (κ3) is 4.41. The maximum atomic E-state index is 13.2. The summed E-state index contributed by atoms with van der Waals surface area (Å²) in [4.78, 5) is 14.9. The van der Waals surface area contributed by atoms with Gasteiger partial charge >= 0.3 is 0 Å². The van der Waals surface area contributed by atoms with Crippen molar-refractivity contribution in [2.24, 2.45) is 0 Å². The monoisotopic (exact) mass is 428 g/mol. The Balaban J connectivity index is 1.44. The van der Waals surface area contributed by atoms with Gasteiger partial charge in [-0.2, -0.15) is 5.10 Å². The molecule has 8 heteroatoms. The number of rotatable bonds is 5. The number of ether oxygens (including phenoxy) is 1. The molecule has 0 bridgehead atoms. The number of amides is 1. The Morgan fingerprint density at radius 3 is 2.83 bits per heavy atom. The van der Waals surface area contributed by atoms with E-state index in [4.69, 9.17) is 16.3 Å². The van der Waals surface area contributed by atoms with Crippen molar-refractivity contribution in [3.63, 3.8) is 0 Å². The lowest BCUT2D eigenvalue weighted by Gasteiger charge is -2.33. The van der Waals surface area contributed by atoms with Crippen LogP contribution in [0.3, 0.4) is 0 Å². The molecular formula is C22H22ClFN4O2. The number of nitrogens with one attached hydrogen (secondary N) is 2. The van der Waals surface area contributed by atoms with E-state index in [1.54, 1.807) is 30.3 Å². The molecule has 4 rings (SSSR count). The third-order valence-corrected chi connectivity index (χ3v) is 5.44. The van der Waals surface area contributed by atoms with Crippen LogP contribution >= 0.6 is 11.6 Å². The van der Waals surface area contributed by atoms with Crippen molar-refractivity contribution in [2.75, 3.05) is 25.1 Å². The number of halogens is 2. The molecule has 0 aliphatic carbocycles. The van der Waals surface area contributed by atoms with Crippen molar-refractivity contribution < 1.29 is 13.9 Å². The molecule has 30 heavy (non-hydrogen) atoms. The molecule has 1 saturated heterocycles. The molecule has 1 atom stereocenters. The van der Waals surface area contributed by atoms with Crippen LogP contribution in [0.25, 0.3) is 11.3 Å². The first-order chi connectivity index (χ1) is 14.5. The predicted molar refractivity (Wildman–Crippen MR) is 115 cm³/mol. The van der Waals surface area contributed by atoms with Crippen LogP contribution in [-0.2, 0) is 0 Å². The number of hydrogen-bond acceptors (Lipinski definition) is 4. The minimum atomic E-state index is -0.274. The van der Waals surface area contributed by atoms with Crippen LogP contribution in [0.2, 0.25) is 5.02 Å². The van der Waals surface area contributed by atoms with E-state index in [9.17, 15) is 9.18 Å². The summed E-state index contributed by atoms with van der Waals surface area (Å²) in [5.41, 5.74) is 2.10.